The molecule has 0 atom stereocenters. The Hall–Kier alpha value is -3.62. The van der Waals surface area contributed by atoms with Gasteiger partial charge in [0, 0.05) is 23.3 Å². The van der Waals surface area contributed by atoms with Gasteiger partial charge in [-0.3, -0.25) is 14.9 Å². The highest BCUT2D eigenvalue weighted by atomic mass is 16.6. The lowest BCUT2D eigenvalue weighted by molar-refractivity contribution is -0.384. The lowest BCUT2D eigenvalue weighted by atomic mass is 10.1. The molecule has 2 aromatic carbocycles. The Morgan fingerprint density at radius 3 is 2.48 bits per heavy atom. The first-order valence-electron chi connectivity index (χ1n) is 7.87. The molecule has 0 heterocycles. The van der Waals surface area contributed by atoms with E-state index in [1.165, 1.54) is 37.6 Å². The van der Waals surface area contributed by atoms with Gasteiger partial charge < -0.3 is 14.2 Å². The molecule has 0 saturated heterocycles. The summed E-state index contributed by atoms with van der Waals surface area (Å²) in [5, 5.41) is 14.5. The van der Waals surface area contributed by atoms with Gasteiger partial charge in [-0.15, -0.1) is 0 Å². The van der Waals surface area contributed by atoms with E-state index in [0.717, 1.165) is 5.56 Å². The number of hydrogen-bond acceptors (Lipinski definition) is 7. The molecule has 1 N–H and O–H groups in total. The van der Waals surface area contributed by atoms with Crippen molar-refractivity contribution in [2.45, 2.75) is 6.92 Å². The predicted molar refractivity (Wildman–Crippen MR) is 98.6 cm³/mol. The maximum absolute atomic E-state index is 11.8. The second-order valence-electron chi connectivity index (χ2n) is 5.35. The van der Waals surface area contributed by atoms with E-state index in [-0.39, 0.29) is 12.3 Å². The first-order chi connectivity index (χ1) is 13.0. The monoisotopic (exact) mass is 373 g/mol. The number of hydrogen-bond donors (Lipinski definition) is 1. The fraction of sp³-hybridized carbons (Fsp3) is 0.222. The van der Waals surface area contributed by atoms with E-state index in [2.05, 4.69) is 10.5 Å². The Morgan fingerprint density at radius 1 is 1.19 bits per heavy atom. The summed E-state index contributed by atoms with van der Waals surface area (Å²) in [7, 11) is 3.11. The molecule has 0 bridgehead atoms. The van der Waals surface area contributed by atoms with Crippen molar-refractivity contribution in [2.75, 3.05) is 20.8 Å². The topological polar surface area (TPSA) is 112 Å². The van der Waals surface area contributed by atoms with Gasteiger partial charge in [-0.1, -0.05) is 0 Å². The molecule has 1 amide bonds. The van der Waals surface area contributed by atoms with E-state index < -0.39 is 10.8 Å². The summed E-state index contributed by atoms with van der Waals surface area (Å²) in [5.74, 6) is 1.14. The quantitative estimate of drug-likeness (QED) is 0.432. The maximum atomic E-state index is 11.8. The Balaban J connectivity index is 1.91. The summed E-state index contributed by atoms with van der Waals surface area (Å²) in [6, 6.07) is 8.96. The zero-order valence-electron chi connectivity index (χ0n) is 15.1. The van der Waals surface area contributed by atoms with Crippen LogP contribution in [0.3, 0.4) is 0 Å². The zero-order valence-corrected chi connectivity index (χ0v) is 15.1. The number of carbonyl (C=O) groups is 1. The summed E-state index contributed by atoms with van der Waals surface area (Å²) in [5.41, 5.74) is 3.78. The first kappa shape index (κ1) is 19.7. The van der Waals surface area contributed by atoms with Crippen LogP contribution in [0.1, 0.15) is 11.1 Å². The number of benzene rings is 2. The third-order valence-electron chi connectivity index (χ3n) is 3.62. The van der Waals surface area contributed by atoms with Gasteiger partial charge in [0.25, 0.3) is 11.6 Å². The van der Waals surface area contributed by atoms with E-state index in [1.807, 2.05) is 6.92 Å². The van der Waals surface area contributed by atoms with Crippen LogP contribution in [-0.2, 0) is 4.79 Å². The van der Waals surface area contributed by atoms with E-state index >= 15 is 0 Å². The fourth-order valence-corrected chi connectivity index (χ4v) is 2.31. The summed E-state index contributed by atoms with van der Waals surface area (Å²) in [4.78, 5) is 21.9. The molecular formula is C18H19N3O6. The molecule has 9 nitrogen and oxygen atoms in total. The molecule has 0 aromatic heterocycles. The molecule has 0 saturated carbocycles. The molecule has 0 spiro atoms. The normalized spacial score (nSPS) is 10.5. The summed E-state index contributed by atoms with van der Waals surface area (Å²) in [6.07, 6.45) is 1.45. The number of carbonyl (C=O) groups excluding carboxylic acids is 1. The predicted octanol–water partition coefficient (Wildman–Crippen LogP) is 2.45. The smallest absolute Gasteiger partial charge is 0.277 e. The van der Waals surface area contributed by atoms with Crippen molar-refractivity contribution < 1.29 is 23.9 Å². The minimum Gasteiger partial charge on any atom is -0.496 e. The van der Waals surface area contributed by atoms with Crippen LogP contribution in [0.4, 0.5) is 5.69 Å². The second-order valence-corrected chi connectivity index (χ2v) is 5.35. The van der Waals surface area contributed by atoms with Crippen LogP contribution in [-0.4, -0.2) is 37.9 Å². The first-order valence-corrected chi connectivity index (χ1v) is 7.87. The Morgan fingerprint density at radius 2 is 1.89 bits per heavy atom. The number of amides is 1. The van der Waals surface area contributed by atoms with Crippen molar-refractivity contribution in [3.63, 3.8) is 0 Å². The van der Waals surface area contributed by atoms with E-state index in [0.29, 0.717) is 22.8 Å². The van der Waals surface area contributed by atoms with Crippen LogP contribution in [0, 0.1) is 17.0 Å². The average molecular weight is 373 g/mol. The molecular weight excluding hydrogens is 354 g/mol. The van der Waals surface area contributed by atoms with Gasteiger partial charge in [0.1, 0.15) is 17.2 Å². The Kier molecular flexibility index (Phi) is 6.70. The molecule has 0 aliphatic heterocycles. The third-order valence-corrected chi connectivity index (χ3v) is 3.62. The average Bonchev–Trinajstić information content (AvgIpc) is 2.67. The Bertz CT molecular complexity index is 849. The standard InChI is InChI=1S/C18H19N3O6/c1-12-16(25-2)9-4-13(18(12)26-3)10-19-20-17(22)11-27-15-7-5-14(6-8-15)21(23)24/h4-10H,11H2,1-3H3,(H,20,22)/b19-10+. The van der Waals surface area contributed by atoms with Crippen molar-refractivity contribution in [3.05, 3.63) is 57.6 Å². The minimum atomic E-state index is -0.514. The number of nitro groups is 1. The third kappa shape index (κ3) is 5.18. The number of rotatable bonds is 8. The highest BCUT2D eigenvalue weighted by molar-refractivity contribution is 5.86. The van der Waals surface area contributed by atoms with Gasteiger partial charge in [0.15, 0.2) is 6.61 Å². The van der Waals surface area contributed by atoms with Crippen LogP contribution < -0.4 is 19.6 Å². The van der Waals surface area contributed by atoms with Crippen molar-refractivity contribution in [1.29, 1.82) is 0 Å². The van der Waals surface area contributed by atoms with Gasteiger partial charge >= 0.3 is 0 Å². The van der Waals surface area contributed by atoms with Gasteiger partial charge in [-0.25, -0.2) is 5.43 Å². The number of nitro benzene ring substituents is 1. The molecule has 2 rings (SSSR count). The molecule has 142 valence electrons. The minimum absolute atomic E-state index is 0.0554. The lowest BCUT2D eigenvalue weighted by Gasteiger charge is -2.11. The van der Waals surface area contributed by atoms with E-state index in [9.17, 15) is 14.9 Å². The number of nitrogens with one attached hydrogen (secondary N) is 1. The van der Waals surface area contributed by atoms with Crippen LogP contribution in [0.25, 0.3) is 0 Å². The van der Waals surface area contributed by atoms with Crippen LogP contribution in [0.15, 0.2) is 41.5 Å². The van der Waals surface area contributed by atoms with Crippen molar-refractivity contribution in [1.82, 2.24) is 5.43 Å². The largest absolute Gasteiger partial charge is 0.496 e. The van der Waals surface area contributed by atoms with Crippen molar-refractivity contribution in [3.8, 4) is 17.2 Å². The molecule has 2 aromatic rings. The molecule has 0 unspecified atom stereocenters. The van der Waals surface area contributed by atoms with Crippen LogP contribution >= 0.6 is 0 Å². The Labute approximate surface area is 155 Å². The molecule has 27 heavy (non-hydrogen) atoms. The summed E-state index contributed by atoms with van der Waals surface area (Å²) < 4.78 is 15.8. The van der Waals surface area contributed by atoms with Gasteiger partial charge in [0.05, 0.1) is 25.4 Å². The van der Waals surface area contributed by atoms with E-state index in [1.54, 1.807) is 19.2 Å². The van der Waals surface area contributed by atoms with Gasteiger partial charge in [-0.2, -0.15) is 5.10 Å². The van der Waals surface area contributed by atoms with Crippen molar-refractivity contribution in [2.24, 2.45) is 5.10 Å². The van der Waals surface area contributed by atoms with Crippen molar-refractivity contribution >= 4 is 17.8 Å². The summed E-state index contributed by atoms with van der Waals surface area (Å²) >= 11 is 0. The molecule has 0 fully saturated rings. The summed E-state index contributed by atoms with van der Waals surface area (Å²) in [6.45, 7) is 1.57. The van der Waals surface area contributed by atoms with Gasteiger partial charge in [0.2, 0.25) is 0 Å². The lowest BCUT2D eigenvalue weighted by Crippen LogP contribution is -2.24. The zero-order chi connectivity index (χ0) is 19.8. The second kappa shape index (κ2) is 9.18. The number of methoxy groups -OCH3 is 2. The highest BCUT2D eigenvalue weighted by Gasteiger charge is 2.10. The molecule has 9 heteroatoms. The highest BCUT2D eigenvalue weighted by Crippen LogP contribution is 2.30. The molecule has 0 radical (unpaired) electrons. The number of hydrazone groups is 1. The molecule has 0 aliphatic carbocycles. The van der Waals surface area contributed by atoms with Crippen LogP contribution in [0.5, 0.6) is 17.2 Å². The van der Waals surface area contributed by atoms with Gasteiger partial charge in [-0.05, 0) is 31.2 Å². The fourth-order valence-electron chi connectivity index (χ4n) is 2.31. The number of non-ortho nitro benzene ring substituents is 1. The number of nitrogens with zero attached hydrogens (tertiary/aromatic N) is 2. The van der Waals surface area contributed by atoms with Crippen LogP contribution in [0.2, 0.25) is 0 Å². The maximum Gasteiger partial charge on any atom is 0.277 e. The molecule has 0 aliphatic rings. The number of ether oxygens (including phenoxy) is 3. The SMILES string of the molecule is COc1ccc(/C=N/NC(=O)COc2ccc([N+](=O)[O-])cc2)c(OC)c1C. The van der Waals surface area contributed by atoms with E-state index in [4.69, 9.17) is 14.2 Å².